The van der Waals surface area contributed by atoms with Crippen molar-refractivity contribution in [3.05, 3.63) is 113 Å². The highest BCUT2D eigenvalue weighted by Crippen LogP contribution is 2.50. The number of ether oxygens (including phenoxy) is 2. The topological polar surface area (TPSA) is 50.8 Å². The number of halogens is 3. The van der Waals surface area contributed by atoms with Gasteiger partial charge in [-0.25, -0.2) is 4.79 Å². The molecule has 4 aromatic carbocycles. The molecular weight excluding hydrogens is 529 g/mol. The van der Waals surface area contributed by atoms with Gasteiger partial charge in [-0.1, -0.05) is 24.3 Å². The first kappa shape index (κ1) is 28.1. The maximum atomic E-state index is 13.0. The molecule has 1 N–H and O–H groups in total. The van der Waals surface area contributed by atoms with Crippen LogP contribution in [0.2, 0.25) is 0 Å². The number of benzene rings is 4. The summed E-state index contributed by atoms with van der Waals surface area (Å²) in [6.45, 7) is 7.92. The van der Waals surface area contributed by atoms with E-state index in [2.05, 4.69) is 30.1 Å². The van der Waals surface area contributed by atoms with Crippen LogP contribution in [-0.2, 0) is 10.9 Å². The van der Waals surface area contributed by atoms with Gasteiger partial charge in [0.05, 0.1) is 17.7 Å². The Hall–Kier alpha value is -4.46. The molecule has 0 spiro atoms. The first-order valence-corrected chi connectivity index (χ1v) is 13.6. The lowest BCUT2D eigenvalue weighted by Crippen LogP contribution is -2.22. The molecule has 0 bridgehead atoms. The fourth-order valence-electron chi connectivity index (χ4n) is 5.25. The molecule has 1 heterocycles. The normalized spacial score (nSPS) is 14.0. The summed E-state index contributed by atoms with van der Waals surface area (Å²) in [6.07, 6.45) is -4.40. The minimum Gasteiger partial charge on any atom is -0.462 e. The number of esters is 1. The molecule has 1 aliphatic rings. The Morgan fingerprint density at radius 1 is 0.829 bits per heavy atom. The van der Waals surface area contributed by atoms with Gasteiger partial charge in [0.15, 0.2) is 0 Å². The molecule has 0 aliphatic carbocycles. The van der Waals surface area contributed by atoms with Crippen LogP contribution in [0.5, 0.6) is 11.5 Å². The van der Waals surface area contributed by atoms with Crippen LogP contribution in [0.4, 0.5) is 30.2 Å². The predicted molar refractivity (Wildman–Crippen MR) is 155 cm³/mol. The van der Waals surface area contributed by atoms with Crippen LogP contribution < -0.4 is 15.0 Å². The predicted octanol–water partition coefficient (Wildman–Crippen LogP) is 8.76. The van der Waals surface area contributed by atoms with Crippen LogP contribution in [0.15, 0.2) is 84.9 Å². The van der Waals surface area contributed by atoms with Crippen LogP contribution in [0.3, 0.4) is 0 Å². The number of rotatable bonds is 8. The highest BCUT2D eigenvalue weighted by molar-refractivity contribution is 5.92. The Kier molecular flexibility index (Phi) is 7.92. The molecule has 0 amide bonds. The van der Waals surface area contributed by atoms with E-state index in [-0.39, 0.29) is 12.5 Å². The minimum atomic E-state index is -4.40. The lowest BCUT2D eigenvalue weighted by molar-refractivity contribution is -0.137. The van der Waals surface area contributed by atoms with Crippen LogP contribution in [-0.4, -0.2) is 25.7 Å². The third-order valence-corrected chi connectivity index (χ3v) is 7.25. The Bertz CT molecular complexity index is 1550. The quantitative estimate of drug-likeness (QED) is 0.192. The van der Waals surface area contributed by atoms with E-state index in [0.29, 0.717) is 28.4 Å². The van der Waals surface area contributed by atoms with Gasteiger partial charge in [0.25, 0.3) is 0 Å². The summed E-state index contributed by atoms with van der Waals surface area (Å²) in [5, 5.41) is 3.20. The van der Waals surface area contributed by atoms with Crippen LogP contribution >= 0.6 is 0 Å². The van der Waals surface area contributed by atoms with Gasteiger partial charge < -0.3 is 19.7 Å². The van der Waals surface area contributed by atoms with E-state index in [1.807, 2.05) is 48.5 Å². The van der Waals surface area contributed by atoms with Gasteiger partial charge in [0.2, 0.25) is 0 Å². The molecule has 5 nitrogen and oxygen atoms in total. The summed E-state index contributed by atoms with van der Waals surface area (Å²) < 4.78 is 50.9. The van der Waals surface area contributed by atoms with E-state index >= 15 is 0 Å². The molecule has 0 fully saturated rings. The number of carbonyl (C=O) groups is 1. The van der Waals surface area contributed by atoms with Crippen molar-refractivity contribution in [2.24, 2.45) is 0 Å². The lowest BCUT2D eigenvalue weighted by atomic mass is 9.80. The smallest absolute Gasteiger partial charge is 0.416 e. The van der Waals surface area contributed by atoms with E-state index in [1.165, 1.54) is 12.1 Å². The van der Waals surface area contributed by atoms with E-state index in [0.717, 1.165) is 47.6 Å². The van der Waals surface area contributed by atoms with Crippen molar-refractivity contribution in [3.8, 4) is 11.5 Å². The zero-order chi connectivity index (χ0) is 29.1. The fourth-order valence-corrected chi connectivity index (χ4v) is 5.25. The van der Waals surface area contributed by atoms with Crippen molar-refractivity contribution in [1.29, 1.82) is 0 Å². The standard InChI is InChI=1S/C33H31F3N2O3/c1-4-38(5-2)24-16-17-27-30(20-24)41-29-18-15-23(37-22-13-11-21(12-14-22)33(34,35)36)19-28(29)31(27)25-9-7-8-10-26(25)32(39)40-6-3/h7-20,31,37H,4-6H2,1-3H3. The lowest BCUT2D eigenvalue weighted by Gasteiger charge is -2.31. The van der Waals surface area contributed by atoms with Crippen LogP contribution in [0.25, 0.3) is 0 Å². The van der Waals surface area contributed by atoms with Crippen molar-refractivity contribution in [3.63, 3.8) is 0 Å². The molecular formula is C33H31F3N2O3. The number of hydrogen-bond acceptors (Lipinski definition) is 5. The number of carbonyl (C=O) groups excluding carboxylic acids is 1. The van der Waals surface area contributed by atoms with Gasteiger partial charge in [0.1, 0.15) is 11.5 Å². The minimum absolute atomic E-state index is 0.253. The third kappa shape index (κ3) is 5.73. The Labute approximate surface area is 237 Å². The summed E-state index contributed by atoms with van der Waals surface area (Å²) in [4.78, 5) is 15.2. The van der Waals surface area contributed by atoms with Crippen molar-refractivity contribution >= 4 is 23.0 Å². The third-order valence-electron chi connectivity index (χ3n) is 7.25. The molecule has 41 heavy (non-hydrogen) atoms. The van der Waals surface area contributed by atoms with Gasteiger partial charge in [0, 0.05) is 53.3 Å². The molecule has 1 aliphatic heterocycles. The highest BCUT2D eigenvalue weighted by atomic mass is 19.4. The molecule has 4 aromatic rings. The second-order valence-electron chi connectivity index (χ2n) is 9.69. The number of nitrogens with zero attached hydrogens (tertiary/aromatic N) is 1. The Morgan fingerprint density at radius 2 is 1.54 bits per heavy atom. The largest absolute Gasteiger partial charge is 0.462 e. The summed E-state index contributed by atoms with van der Waals surface area (Å²) in [7, 11) is 0. The summed E-state index contributed by atoms with van der Waals surface area (Å²) >= 11 is 0. The zero-order valence-corrected chi connectivity index (χ0v) is 23.1. The Morgan fingerprint density at radius 3 is 2.22 bits per heavy atom. The average molecular weight is 561 g/mol. The van der Waals surface area contributed by atoms with Gasteiger partial charge in [-0.05, 0) is 80.9 Å². The molecule has 0 radical (unpaired) electrons. The monoisotopic (exact) mass is 560 g/mol. The zero-order valence-electron chi connectivity index (χ0n) is 23.1. The fraction of sp³-hybridized carbons (Fsp3) is 0.242. The van der Waals surface area contributed by atoms with Gasteiger partial charge in [-0.2, -0.15) is 13.2 Å². The summed E-state index contributed by atoms with van der Waals surface area (Å²) in [5.41, 5.74) is 4.48. The second-order valence-corrected chi connectivity index (χ2v) is 9.69. The van der Waals surface area contributed by atoms with Gasteiger partial charge >= 0.3 is 12.1 Å². The first-order chi connectivity index (χ1) is 19.7. The number of anilines is 3. The summed E-state index contributed by atoms with van der Waals surface area (Å²) in [5.74, 6) is 0.579. The highest BCUT2D eigenvalue weighted by Gasteiger charge is 2.33. The van der Waals surface area contributed by atoms with E-state index in [9.17, 15) is 18.0 Å². The number of hydrogen-bond donors (Lipinski definition) is 1. The molecule has 8 heteroatoms. The number of nitrogens with one attached hydrogen (secondary N) is 1. The molecule has 5 rings (SSSR count). The molecule has 212 valence electrons. The van der Waals surface area contributed by atoms with E-state index in [4.69, 9.17) is 9.47 Å². The van der Waals surface area contributed by atoms with Crippen LogP contribution in [0.1, 0.15) is 59.3 Å². The van der Waals surface area contributed by atoms with Crippen molar-refractivity contribution < 1.29 is 27.4 Å². The molecule has 0 saturated heterocycles. The van der Waals surface area contributed by atoms with Gasteiger partial charge in [-0.15, -0.1) is 0 Å². The number of alkyl halides is 3. The Balaban J connectivity index is 1.60. The van der Waals surface area contributed by atoms with E-state index < -0.39 is 17.7 Å². The number of fused-ring (bicyclic) bond motifs is 2. The van der Waals surface area contributed by atoms with Gasteiger partial charge in [-0.3, -0.25) is 0 Å². The van der Waals surface area contributed by atoms with E-state index in [1.54, 1.807) is 13.0 Å². The van der Waals surface area contributed by atoms with Crippen LogP contribution in [0, 0.1) is 0 Å². The molecule has 1 unspecified atom stereocenters. The van der Waals surface area contributed by atoms with Crippen molar-refractivity contribution in [2.45, 2.75) is 32.9 Å². The molecule has 0 saturated carbocycles. The summed E-state index contributed by atoms with van der Waals surface area (Å²) in [6, 6.07) is 24.0. The second kappa shape index (κ2) is 11.6. The van der Waals surface area contributed by atoms with Crippen molar-refractivity contribution in [1.82, 2.24) is 0 Å². The maximum absolute atomic E-state index is 13.0. The first-order valence-electron chi connectivity index (χ1n) is 13.6. The molecule has 0 aromatic heterocycles. The van der Waals surface area contributed by atoms with Crippen molar-refractivity contribution in [2.75, 3.05) is 29.9 Å². The maximum Gasteiger partial charge on any atom is 0.416 e. The SMILES string of the molecule is CCOC(=O)c1ccccc1C1c2ccc(N(CC)CC)cc2Oc2ccc(Nc3ccc(C(F)(F)F)cc3)cc21. The average Bonchev–Trinajstić information content (AvgIpc) is 2.96. The molecule has 1 atom stereocenters.